The van der Waals surface area contributed by atoms with Gasteiger partial charge in [-0.1, -0.05) is 91.8 Å². The molecule has 0 aliphatic heterocycles. The first kappa shape index (κ1) is 23.3. The maximum atomic E-state index is 3.80. The molecule has 0 atom stereocenters. The first-order valence-corrected chi connectivity index (χ1v) is 11.9. The fourth-order valence-corrected chi connectivity index (χ4v) is 4.55. The predicted octanol–water partition coefficient (Wildman–Crippen LogP) is 7.66. The third-order valence-corrected chi connectivity index (χ3v) is 6.53. The van der Waals surface area contributed by atoms with E-state index < -0.39 is 0 Å². The Bertz CT molecular complexity index is 928. The summed E-state index contributed by atoms with van der Waals surface area (Å²) in [5, 5.41) is 0. The van der Waals surface area contributed by atoms with Gasteiger partial charge in [-0.05, 0) is 59.8 Å². The van der Waals surface area contributed by atoms with Gasteiger partial charge in [-0.15, -0.1) is 0 Å². The minimum absolute atomic E-state index is 0.451. The Hall–Kier alpha value is -2.35. The van der Waals surface area contributed by atoms with Gasteiger partial charge in [0.25, 0.3) is 6.33 Å². The zero-order chi connectivity index (χ0) is 23.0. The molecule has 2 nitrogen and oxygen atoms in total. The Kier molecular flexibility index (Phi) is 6.79. The monoisotopic (exact) mass is 416 g/mol. The molecule has 0 unspecified atom stereocenters. The molecule has 0 N–H and O–H groups in total. The number of imidazole rings is 1. The third kappa shape index (κ3) is 4.22. The summed E-state index contributed by atoms with van der Waals surface area (Å²) in [6.45, 7) is 22.7. The van der Waals surface area contributed by atoms with Gasteiger partial charge in [0.1, 0.15) is 0 Å². The van der Waals surface area contributed by atoms with Crippen LogP contribution in [0.3, 0.4) is 0 Å². The summed E-state index contributed by atoms with van der Waals surface area (Å²) < 4.78 is 4.64. The van der Waals surface area contributed by atoms with Crippen LogP contribution in [0, 0.1) is 20.2 Å². The molecular weight excluding hydrogens is 376 g/mol. The van der Waals surface area contributed by atoms with E-state index in [1.165, 1.54) is 45.0 Å². The van der Waals surface area contributed by atoms with E-state index in [2.05, 4.69) is 121 Å². The SMILES string of the molecule is Cc1c(C)[n+](-c2c(C(C)C)cccc2C(C)C)[c-]n1-c1c(C(C)C)cccc1C(C)C. The summed E-state index contributed by atoms with van der Waals surface area (Å²) in [5.74, 6) is 1.80. The quantitative estimate of drug-likeness (QED) is 0.288. The maximum absolute atomic E-state index is 3.80. The van der Waals surface area contributed by atoms with Gasteiger partial charge in [0.05, 0.1) is 22.8 Å². The molecule has 0 saturated heterocycles. The van der Waals surface area contributed by atoms with Crippen molar-refractivity contribution in [2.75, 3.05) is 0 Å². The average molecular weight is 417 g/mol. The van der Waals surface area contributed by atoms with Gasteiger partial charge in [0.15, 0.2) is 0 Å². The van der Waals surface area contributed by atoms with Crippen molar-refractivity contribution in [3.05, 3.63) is 76.4 Å². The summed E-state index contributed by atoms with van der Waals surface area (Å²) in [7, 11) is 0. The number of rotatable bonds is 6. The summed E-state index contributed by atoms with van der Waals surface area (Å²) in [6, 6.07) is 13.5. The van der Waals surface area contributed by atoms with Gasteiger partial charge < -0.3 is 0 Å². The van der Waals surface area contributed by atoms with Crippen molar-refractivity contribution in [2.24, 2.45) is 0 Å². The van der Waals surface area contributed by atoms with Crippen LogP contribution in [0.5, 0.6) is 0 Å². The van der Waals surface area contributed by atoms with E-state index in [0.29, 0.717) is 23.7 Å². The number of hydrogen-bond donors (Lipinski definition) is 0. The predicted molar refractivity (Wildman–Crippen MR) is 132 cm³/mol. The molecule has 3 aromatic rings. The zero-order valence-electron chi connectivity index (χ0n) is 21.2. The van der Waals surface area contributed by atoms with Crippen LogP contribution in [0.1, 0.15) is 113 Å². The average Bonchev–Trinajstić information content (AvgIpc) is 3.00. The third-order valence-electron chi connectivity index (χ3n) is 6.53. The van der Waals surface area contributed by atoms with Crippen molar-refractivity contribution in [3.8, 4) is 11.4 Å². The van der Waals surface area contributed by atoms with Crippen LogP contribution in [0.4, 0.5) is 0 Å². The van der Waals surface area contributed by atoms with Crippen LogP contribution in [-0.2, 0) is 0 Å². The van der Waals surface area contributed by atoms with Crippen LogP contribution in [-0.4, -0.2) is 4.57 Å². The van der Waals surface area contributed by atoms with Crippen molar-refractivity contribution in [1.82, 2.24) is 4.57 Å². The minimum atomic E-state index is 0.451. The second kappa shape index (κ2) is 9.02. The fourth-order valence-electron chi connectivity index (χ4n) is 4.55. The number of benzene rings is 2. The Morgan fingerprint density at radius 1 is 0.645 bits per heavy atom. The van der Waals surface area contributed by atoms with Crippen molar-refractivity contribution in [1.29, 1.82) is 0 Å². The number of hydrogen-bond acceptors (Lipinski definition) is 0. The normalized spacial score (nSPS) is 12.1. The van der Waals surface area contributed by atoms with E-state index >= 15 is 0 Å². The van der Waals surface area contributed by atoms with Crippen LogP contribution in [0.15, 0.2) is 36.4 Å². The topological polar surface area (TPSA) is 8.81 Å². The largest absolute Gasteiger partial charge is 0.296 e. The van der Waals surface area contributed by atoms with Crippen molar-refractivity contribution < 1.29 is 4.57 Å². The van der Waals surface area contributed by atoms with Crippen LogP contribution >= 0.6 is 0 Å². The highest BCUT2D eigenvalue weighted by molar-refractivity contribution is 5.52. The van der Waals surface area contributed by atoms with E-state index in [9.17, 15) is 0 Å². The molecule has 0 aliphatic carbocycles. The lowest BCUT2D eigenvalue weighted by atomic mass is 9.92. The Morgan fingerprint density at radius 2 is 1.03 bits per heavy atom. The molecule has 1 heterocycles. The highest BCUT2D eigenvalue weighted by Gasteiger charge is 2.23. The first-order chi connectivity index (χ1) is 14.6. The van der Waals surface area contributed by atoms with Crippen LogP contribution < -0.4 is 4.57 Å². The van der Waals surface area contributed by atoms with Gasteiger partial charge in [-0.2, -0.15) is 0 Å². The molecule has 0 saturated carbocycles. The molecule has 31 heavy (non-hydrogen) atoms. The number of nitrogens with zero attached hydrogens (tertiary/aromatic N) is 2. The highest BCUT2D eigenvalue weighted by atomic mass is 15.2. The molecule has 2 aromatic carbocycles. The molecule has 166 valence electrons. The van der Waals surface area contributed by atoms with Gasteiger partial charge in [0, 0.05) is 0 Å². The Labute approximate surface area is 190 Å². The van der Waals surface area contributed by atoms with Crippen LogP contribution in [0.25, 0.3) is 11.4 Å². The van der Waals surface area contributed by atoms with E-state index in [-0.39, 0.29) is 0 Å². The smallest absolute Gasteiger partial charge is 0.269 e. The van der Waals surface area contributed by atoms with E-state index in [0.717, 1.165) is 0 Å². The standard InChI is InChI=1S/C29H40N2/c1-18(2)24-13-11-14-25(19(3)4)28(24)30-17-31(23(10)22(30)9)29-26(20(5)6)15-12-16-27(29)21(7)8/h11-16,18-21H,1-10H3. The summed E-state index contributed by atoms with van der Waals surface area (Å²) in [5.41, 5.74) is 10.7. The molecule has 0 amide bonds. The summed E-state index contributed by atoms with van der Waals surface area (Å²) in [6.07, 6.45) is 3.80. The second-order valence-corrected chi connectivity index (χ2v) is 10.1. The summed E-state index contributed by atoms with van der Waals surface area (Å²) >= 11 is 0. The maximum Gasteiger partial charge on any atom is 0.269 e. The van der Waals surface area contributed by atoms with Gasteiger partial charge in [0.2, 0.25) is 0 Å². The molecule has 1 aromatic heterocycles. The highest BCUT2D eigenvalue weighted by Crippen LogP contribution is 2.33. The van der Waals surface area contributed by atoms with Crippen molar-refractivity contribution >= 4 is 0 Å². The molecule has 0 bridgehead atoms. The molecule has 0 spiro atoms. The van der Waals surface area contributed by atoms with Gasteiger partial charge in [-0.3, -0.25) is 9.13 Å². The number of aromatic nitrogens is 2. The summed E-state index contributed by atoms with van der Waals surface area (Å²) in [4.78, 5) is 0. The lowest BCUT2D eigenvalue weighted by Crippen LogP contribution is -2.35. The number of para-hydroxylation sites is 2. The van der Waals surface area contributed by atoms with E-state index in [4.69, 9.17) is 0 Å². The van der Waals surface area contributed by atoms with Gasteiger partial charge >= 0.3 is 0 Å². The van der Waals surface area contributed by atoms with Crippen molar-refractivity contribution in [3.63, 3.8) is 0 Å². The lowest BCUT2D eigenvalue weighted by Gasteiger charge is -2.21. The molecule has 3 rings (SSSR count). The molecule has 2 heteroatoms. The molecule has 0 fully saturated rings. The van der Waals surface area contributed by atoms with E-state index in [1.807, 2.05) is 0 Å². The fraction of sp³-hybridized carbons (Fsp3) is 0.483. The Morgan fingerprint density at radius 3 is 1.42 bits per heavy atom. The molecular formula is C29H40N2. The lowest BCUT2D eigenvalue weighted by molar-refractivity contribution is -0.607. The zero-order valence-corrected chi connectivity index (χ0v) is 21.2. The molecule has 0 aliphatic rings. The van der Waals surface area contributed by atoms with Crippen molar-refractivity contribution in [2.45, 2.75) is 92.9 Å². The van der Waals surface area contributed by atoms with Gasteiger partial charge in [-0.25, -0.2) is 0 Å². The minimum Gasteiger partial charge on any atom is -0.296 e. The molecule has 0 radical (unpaired) electrons. The first-order valence-electron chi connectivity index (χ1n) is 11.9. The van der Waals surface area contributed by atoms with E-state index in [1.54, 1.807) is 0 Å². The Balaban J connectivity index is 2.38. The second-order valence-electron chi connectivity index (χ2n) is 10.1. The van der Waals surface area contributed by atoms with Crippen LogP contribution in [0.2, 0.25) is 0 Å².